The lowest BCUT2D eigenvalue weighted by molar-refractivity contribution is -0.116. The highest BCUT2D eigenvalue weighted by Gasteiger charge is 2.24. The van der Waals surface area contributed by atoms with E-state index in [9.17, 15) is 13.2 Å². The second-order valence-corrected chi connectivity index (χ2v) is 4.81. The highest BCUT2D eigenvalue weighted by molar-refractivity contribution is 7.93. The van der Waals surface area contributed by atoms with Crippen LogP contribution in [0.4, 0.5) is 0 Å². The fourth-order valence-electron chi connectivity index (χ4n) is 1.12. The van der Waals surface area contributed by atoms with Crippen LogP contribution in [0.3, 0.4) is 0 Å². The van der Waals surface area contributed by atoms with Crippen molar-refractivity contribution >= 4 is 15.8 Å². The molecule has 1 rings (SSSR count). The average Bonchev–Trinajstić information content (AvgIpc) is 2.09. The molecule has 1 atom stereocenters. The number of hydrogen-bond acceptors (Lipinski definition) is 4. The van der Waals surface area contributed by atoms with E-state index in [4.69, 9.17) is 5.73 Å². The van der Waals surface area contributed by atoms with Crippen LogP contribution in [-0.2, 0) is 14.8 Å². The molecule has 0 fully saturated rings. The van der Waals surface area contributed by atoms with Crippen molar-refractivity contribution in [3.63, 3.8) is 0 Å². The zero-order valence-electron chi connectivity index (χ0n) is 7.28. The molecule has 3 N–H and O–H groups in total. The molecule has 1 aliphatic carbocycles. The smallest absolute Gasteiger partial charge is 0.236 e. The van der Waals surface area contributed by atoms with Gasteiger partial charge >= 0.3 is 0 Å². The Hall–Kier alpha value is -0.720. The maximum atomic E-state index is 11.2. The third kappa shape index (κ3) is 2.15. The molecule has 0 spiro atoms. The molecular formula is C7H12N2O3S. The van der Waals surface area contributed by atoms with Gasteiger partial charge in [-0.05, 0) is 26.0 Å². The van der Waals surface area contributed by atoms with Crippen LogP contribution in [0.1, 0.15) is 12.8 Å². The highest BCUT2D eigenvalue weighted by Crippen LogP contribution is 2.18. The minimum atomic E-state index is -3.44. The van der Waals surface area contributed by atoms with Crippen molar-refractivity contribution in [2.45, 2.75) is 18.9 Å². The summed E-state index contributed by atoms with van der Waals surface area (Å²) in [6, 6.07) is -0.546. The zero-order valence-corrected chi connectivity index (χ0v) is 8.10. The second kappa shape index (κ2) is 3.57. The summed E-state index contributed by atoms with van der Waals surface area (Å²) in [5.74, 6) is -0.319. The van der Waals surface area contributed by atoms with Gasteiger partial charge in [0.25, 0.3) is 0 Å². The Kier molecular flexibility index (Phi) is 2.84. The minimum absolute atomic E-state index is 0.127. The first-order valence-electron chi connectivity index (χ1n) is 3.91. The Morgan fingerprint density at radius 3 is 2.69 bits per heavy atom. The van der Waals surface area contributed by atoms with Crippen LogP contribution >= 0.6 is 0 Å². The van der Waals surface area contributed by atoms with Gasteiger partial charge in [0.15, 0.2) is 5.78 Å². The summed E-state index contributed by atoms with van der Waals surface area (Å²) in [6.07, 6.45) is 1.83. The molecule has 13 heavy (non-hydrogen) atoms. The molecule has 74 valence electrons. The summed E-state index contributed by atoms with van der Waals surface area (Å²) in [7, 11) is -2.13. The molecule has 0 saturated carbocycles. The summed E-state index contributed by atoms with van der Waals surface area (Å²) in [5, 5.41) is 0. The van der Waals surface area contributed by atoms with Crippen molar-refractivity contribution in [1.82, 2.24) is 4.72 Å². The van der Waals surface area contributed by atoms with Gasteiger partial charge in [-0.1, -0.05) is 0 Å². The normalized spacial score (nSPS) is 24.3. The molecule has 1 unspecified atom stereocenters. The number of carbonyl (C=O) groups excluding carboxylic acids is 1. The number of nitrogens with two attached hydrogens (primary N) is 1. The van der Waals surface area contributed by atoms with Crippen molar-refractivity contribution in [3.05, 3.63) is 11.0 Å². The molecule has 1 aliphatic rings. The number of nitrogens with one attached hydrogen (secondary N) is 1. The van der Waals surface area contributed by atoms with Crippen LogP contribution < -0.4 is 10.5 Å². The summed E-state index contributed by atoms with van der Waals surface area (Å²) < 4.78 is 24.6. The maximum absolute atomic E-state index is 11.2. The molecule has 0 amide bonds. The molecule has 0 aromatic rings. The number of allylic oxidation sites excluding steroid dienone is 1. The molecule has 0 bridgehead atoms. The molecule has 5 nitrogen and oxygen atoms in total. The summed E-state index contributed by atoms with van der Waals surface area (Å²) in [5.41, 5.74) is 5.42. The van der Waals surface area contributed by atoms with E-state index in [0.717, 1.165) is 6.08 Å². The zero-order chi connectivity index (χ0) is 10.1. The standard InChI is InChI=1S/C7H12N2O3S/c1-9-13(11,12)5-2-3-6(8)7(10)4-5/h4,6,9H,2-3,8H2,1H3. The number of ketones is 1. The fraction of sp³-hybridized carbons (Fsp3) is 0.571. The number of carbonyl (C=O) groups is 1. The third-order valence-corrected chi connectivity index (χ3v) is 3.53. The van der Waals surface area contributed by atoms with E-state index in [-0.39, 0.29) is 10.7 Å². The Morgan fingerprint density at radius 1 is 1.62 bits per heavy atom. The van der Waals surface area contributed by atoms with Crippen LogP contribution in [0.15, 0.2) is 11.0 Å². The SMILES string of the molecule is CNS(=O)(=O)C1=CC(=O)C(N)CC1. The minimum Gasteiger partial charge on any atom is -0.321 e. The van der Waals surface area contributed by atoms with E-state index < -0.39 is 16.1 Å². The van der Waals surface area contributed by atoms with Gasteiger partial charge in [0, 0.05) is 0 Å². The predicted molar refractivity (Wildman–Crippen MR) is 48.3 cm³/mol. The number of sulfonamides is 1. The molecule has 0 aliphatic heterocycles. The lowest BCUT2D eigenvalue weighted by atomic mass is 10.0. The van der Waals surface area contributed by atoms with Gasteiger partial charge in [-0.2, -0.15) is 0 Å². The molecule has 0 aromatic carbocycles. The van der Waals surface area contributed by atoms with Crippen LogP contribution in [-0.4, -0.2) is 27.3 Å². The summed E-state index contributed by atoms with van der Waals surface area (Å²) in [4.78, 5) is 11.2. The molecule has 0 radical (unpaired) electrons. The Balaban J connectivity index is 2.97. The van der Waals surface area contributed by atoms with Crippen molar-refractivity contribution in [3.8, 4) is 0 Å². The van der Waals surface area contributed by atoms with E-state index in [1.54, 1.807) is 0 Å². The van der Waals surface area contributed by atoms with Crippen LogP contribution in [0.25, 0.3) is 0 Å². The van der Waals surface area contributed by atoms with Gasteiger partial charge in [0.2, 0.25) is 10.0 Å². The second-order valence-electron chi connectivity index (χ2n) is 2.87. The van der Waals surface area contributed by atoms with Gasteiger partial charge < -0.3 is 5.73 Å². The van der Waals surface area contributed by atoms with E-state index in [2.05, 4.69) is 4.72 Å². The van der Waals surface area contributed by atoms with Crippen molar-refractivity contribution < 1.29 is 13.2 Å². The van der Waals surface area contributed by atoms with Gasteiger partial charge in [-0.25, -0.2) is 13.1 Å². The van der Waals surface area contributed by atoms with Gasteiger partial charge in [-0.3, -0.25) is 4.79 Å². The average molecular weight is 204 g/mol. The van der Waals surface area contributed by atoms with E-state index in [1.807, 2.05) is 0 Å². The molecule has 6 heteroatoms. The molecule has 0 heterocycles. The molecule has 0 aromatic heterocycles. The van der Waals surface area contributed by atoms with Gasteiger partial charge in [0.05, 0.1) is 10.9 Å². The van der Waals surface area contributed by atoms with Gasteiger partial charge in [-0.15, -0.1) is 0 Å². The Morgan fingerprint density at radius 2 is 2.23 bits per heavy atom. The van der Waals surface area contributed by atoms with E-state index in [1.165, 1.54) is 7.05 Å². The first-order valence-corrected chi connectivity index (χ1v) is 5.39. The molecule has 0 saturated heterocycles. The Bertz CT molecular complexity index is 345. The van der Waals surface area contributed by atoms with E-state index >= 15 is 0 Å². The van der Waals surface area contributed by atoms with Crippen molar-refractivity contribution in [2.75, 3.05) is 7.05 Å². The monoisotopic (exact) mass is 204 g/mol. The summed E-state index contributed by atoms with van der Waals surface area (Å²) in [6.45, 7) is 0. The van der Waals surface area contributed by atoms with Crippen LogP contribution in [0.5, 0.6) is 0 Å². The topological polar surface area (TPSA) is 89.3 Å². The molecular weight excluding hydrogens is 192 g/mol. The third-order valence-electron chi connectivity index (χ3n) is 1.98. The predicted octanol–water partition coefficient (Wildman–Crippen LogP) is -0.890. The quantitative estimate of drug-likeness (QED) is 0.610. The van der Waals surface area contributed by atoms with Crippen molar-refractivity contribution in [2.24, 2.45) is 5.73 Å². The first kappa shape index (κ1) is 10.4. The van der Waals surface area contributed by atoms with Gasteiger partial charge in [0.1, 0.15) is 0 Å². The lowest BCUT2D eigenvalue weighted by Crippen LogP contribution is -2.34. The summed E-state index contributed by atoms with van der Waals surface area (Å²) >= 11 is 0. The first-order chi connectivity index (χ1) is 5.97. The number of rotatable bonds is 2. The Labute approximate surface area is 77.0 Å². The maximum Gasteiger partial charge on any atom is 0.236 e. The van der Waals surface area contributed by atoms with Crippen LogP contribution in [0, 0.1) is 0 Å². The fourth-order valence-corrected chi connectivity index (χ4v) is 2.04. The van der Waals surface area contributed by atoms with Crippen molar-refractivity contribution in [1.29, 1.82) is 0 Å². The van der Waals surface area contributed by atoms with Crippen LogP contribution in [0.2, 0.25) is 0 Å². The largest absolute Gasteiger partial charge is 0.321 e. The lowest BCUT2D eigenvalue weighted by Gasteiger charge is -2.16. The number of hydrogen-bond donors (Lipinski definition) is 2. The van der Waals surface area contributed by atoms with E-state index in [0.29, 0.717) is 12.8 Å². The highest BCUT2D eigenvalue weighted by atomic mass is 32.2.